The summed E-state index contributed by atoms with van der Waals surface area (Å²) in [7, 11) is 0. The van der Waals surface area contributed by atoms with Crippen molar-refractivity contribution < 1.29 is 4.79 Å². The second-order valence-corrected chi connectivity index (χ2v) is 8.75. The van der Waals surface area contributed by atoms with Crippen molar-refractivity contribution in [2.75, 3.05) is 13.1 Å². The molecular weight excluding hydrogens is 332 g/mol. The Morgan fingerprint density at radius 1 is 1.00 bits per heavy atom. The maximum Gasteiger partial charge on any atom is 0.230 e. The number of carbonyl (C=O) groups excluding carboxylic acids is 1. The third-order valence-corrected chi connectivity index (χ3v) is 6.56. The third-order valence-electron chi connectivity index (χ3n) is 6.56. The van der Waals surface area contributed by atoms with Gasteiger partial charge in [-0.2, -0.15) is 0 Å². The van der Waals surface area contributed by atoms with Gasteiger partial charge in [0.15, 0.2) is 0 Å². The van der Waals surface area contributed by atoms with E-state index in [0.29, 0.717) is 12.0 Å². The molecule has 1 aliphatic carbocycles. The summed E-state index contributed by atoms with van der Waals surface area (Å²) < 4.78 is 0. The summed E-state index contributed by atoms with van der Waals surface area (Å²) in [5, 5.41) is 3.41. The van der Waals surface area contributed by atoms with Crippen LogP contribution in [0.1, 0.15) is 37.8 Å². The quantitative estimate of drug-likeness (QED) is 0.872. The minimum Gasteiger partial charge on any atom is -0.352 e. The van der Waals surface area contributed by atoms with E-state index in [9.17, 15) is 4.79 Å². The molecule has 3 unspecified atom stereocenters. The number of amides is 1. The molecule has 1 N–H and O–H groups in total. The van der Waals surface area contributed by atoms with E-state index in [1.165, 1.54) is 12.0 Å². The van der Waals surface area contributed by atoms with Crippen LogP contribution in [-0.4, -0.2) is 29.9 Å². The lowest BCUT2D eigenvalue weighted by Crippen LogP contribution is -2.47. The maximum atomic E-state index is 13.1. The molecule has 3 nitrogen and oxygen atoms in total. The number of hydrogen-bond acceptors (Lipinski definition) is 2. The van der Waals surface area contributed by atoms with Crippen LogP contribution in [-0.2, 0) is 16.8 Å². The topological polar surface area (TPSA) is 32.3 Å². The van der Waals surface area contributed by atoms with Crippen LogP contribution in [0.2, 0.25) is 0 Å². The maximum absolute atomic E-state index is 13.1. The molecule has 1 aliphatic heterocycles. The summed E-state index contributed by atoms with van der Waals surface area (Å²) in [5.41, 5.74) is 1.96. The van der Waals surface area contributed by atoms with E-state index in [0.717, 1.165) is 37.5 Å². The van der Waals surface area contributed by atoms with E-state index in [4.69, 9.17) is 0 Å². The average Bonchev–Trinajstić information content (AvgIpc) is 3.24. The van der Waals surface area contributed by atoms with Crippen LogP contribution in [0.4, 0.5) is 0 Å². The Bertz CT molecular complexity index is 771. The highest BCUT2D eigenvalue weighted by Crippen LogP contribution is 2.39. The smallest absolute Gasteiger partial charge is 0.230 e. The van der Waals surface area contributed by atoms with Gasteiger partial charge in [-0.15, -0.1) is 0 Å². The zero-order chi connectivity index (χ0) is 18.9. The third kappa shape index (κ3) is 3.79. The van der Waals surface area contributed by atoms with E-state index < -0.39 is 5.41 Å². The predicted molar refractivity (Wildman–Crippen MR) is 109 cm³/mol. The number of fused-ring (bicyclic) bond motifs is 1. The van der Waals surface area contributed by atoms with Gasteiger partial charge in [-0.1, -0.05) is 60.7 Å². The van der Waals surface area contributed by atoms with E-state index in [-0.39, 0.29) is 5.91 Å². The van der Waals surface area contributed by atoms with Crippen LogP contribution in [0, 0.1) is 11.8 Å². The molecule has 2 aromatic carbocycles. The van der Waals surface area contributed by atoms with Gasteiger partial charge in [0.05, 0.1) is 5.41 Å². The monoisotopic (exact) mass is 362 g/mol. The zero-order valence-corrected chi connectivity index (χ0v) is 16.4. The van der Waals surface area contributed by atoms with E-state index in [1.807, 2.05) is 44.2 Å². The lowest BCUT2D eigenvalue weighted by Gasteiger charge is -2.29. The Morgan fingerprint density at radius 2 is 1.67 bits per heavy atom. The number of hydrogen-bond donors (Lipinski definition) is 1. The lowest BCUT2D eigenvalue weighted by molar-refractivity contribution is -0.126. The zero-order valence-electron chi connectivity index (χ0n) is 16.4. The Balaban J connectivity index is 1.38. The molecule has 0 bridgehead atoms. The molecule has 1 saturated heterocycles. The minimum absolute atomic E-state index is 0.154. The van der Waals surface area contributed by atoms with Crippen molar-refractivity contribution >= 4 is 5.91 Å². The van der Waals surface area contributed by atoms with Crippen molar-refractivity contribution in [2.24, 2.45) is 11.8 Å². The fourth-order valence-electron chi connectivity index (χ4n) is 4.84. The first kappa shape index (κ1) is 18.2. The fraction of sp³-hybridized carbons (Fsp3) is 0.458. The van der Waals surface area contributed by atoms with Crippen LogP contribution < -0.4 is 5.32 Å². The first-order valence-corrected chi connectivity index (χ1v) is 10.2. The second-order valence-electron chi connectivity index (χ2n) is 8.75. The van der Waals surface area contributed by atoms with Gasteiger partial charge in [-0.05, 0) is 49.7 Å². The van der Waals surface area contributed by atoms with Crippen LogP contribution >= 0.6 is 0 Å². The summed E-state index contributed by atoms with van der Waals surface area (Å²) in [6, 6.07) is 21.1. The fourth-order valence-corrected chi connectivity index (χ4v) is 4.84. The van der Waals surface area contributed by atoms with Crippen molar-refractivity contribution in [1.82, 2.24) is 10.2 Å². The van der Waals surface area contributed by atoms with Crippen molar-refractivity contribution in [2.45, 2.75) is 44.7 Å². The van der Waals surface area contributed by atoms with Crippen molar-refractivity contribution in [3.63, 3.8) is 0 Å². The summed E-state index contributed by atoms with van der Waals surface area (Å²) >= 11 is 0. The molecule has 3 atom stereocenters. The predicted octanol–water partition coefficient (Wildman–Crippen LogP) is 3.99. The molecule has 0 aromatic heterocycles. The number of nitrogens with one attached hydrogen (secondary N) is 1. The molecule has 0 spiro atoms. The van der Waals surface area contributed by atoms with Crippen LogP contribution in [0.25, 0.3) is 0 Å². The minimum atomic E-state index is -0.498. The van der Waals surface area contributed by atoms with Gasteiger partial charge in [0.25, 0.3) is 0 Å². The second kappa shape index (κ2) is 7.47. The molecule has 1 heterocycles. The van der Waals surface area contributed by atoms with Gasteiger partial charge in [-0.25, -0.2) is 0 Å². The molecule has 2 aliphatic rings. The number of rotatable bonds is 5. The molecule has 4 rings (SSSR count). The van der Waals surface area contributed by atoms with Gasteiger partial charge in [-0.3, -0.25) is 9.69 Å². The Kier molecular flexibility index (Phi) is 5.05. The average molecular weight is 363 g/mol. The first-order chi connectivity index (χ1) is 13.0. The van der Waals surface area contributed by atoms with Gasteiger partial charge in [0, 0.05) is 25.7 Å². The van der Waals surface area contributed by atoms with Gasteiger partial charge in [0.2, 0.25) is 5.91 Å². The van der Waals surface area contributed by atoms with Crippen LogP contribution in [0.3, 0.4) is 0 Å². The summed E-state index contributed by atoms with van der Waals surface area (Å²) in [4.78, 5) is 15.6. The van der Waals surface area contributed by atoms with Crippen molar-refractivity contribution in [1.29, 1.82) is 0 Å². The molecule has 1 saturated carbocycles. The number of likely N-dealkylation sites (tertiary alicyclic amines) is 1. The summed E-state index contributed by atoms with van der Waals surface area (Å²) in [6.45, 7) is 7.33. The summed E-state index contributed by atoms with van der Waals surface area (Å²) in [5.74, 6) is 1.46. The van der Waals surface area contributed by atoms with E-state index in [2.05, 4.69) is 40.5 Å². The standard InChI is InChI=1S/C24H30N2O/c1-24(2,20-11-7-4-8-12-20)23(27)25-22-14-13-19-16-26(17-21(19)22)15-18-9-5-3-6-10-18/h3-12,19,21-22H,13-17H2,1-2H3,(H,25,27). The highest BCUT2D eigenvalue weighted by molar-refractivity contribution is 5.87. The highest BCUT2D eigenvalue weighted by Gasteiger charge is 2.44. The number of carbonyl (C=O) groups is 1. The summed E-state index contributed by atoms with van der Waals surface area (Å²) in [6.07, 6.45) is 2.35. The molecule has 2 aromatic rings. The molecular formula is C24H30N2O. The largest absolute Gasteiger partial charge is 0.352 e. The van der Waals surface area contributed by atoms with Crippen LogP contribution in [0.15, 0.2) is 60.7 Å². The van der Waals surface area contributed by atoms with Crippen molar-refractivity contribution in [3.05, 3.63) is 71.8 Å². The molecule has 0 radical (unpaired) electrons. The lowest BCUT2D eigenvalue weighted by atomic mass is 9.83. The van der Waals surface area contributed by atoms with E-state index >= 15 is 0 Å². The molecule has 3 heteroatoms. The molecule has 142 valence electrons. The van der Waals surface area contributed by atoms with Gasteiger partial charge >= 0.3 is 0 Å². The molecule has 2 fully saturated rings. The van der Waals surface area contributed by atoms with Crippen LogP contribution in [0.5, 0.6) is 0 Å². The molecule has 27 heavy (non-hydrogen) atoms. The van der Waals surface area contributed by atoms with Gasteiger partial charge < -0.3 is 5.32 Å². The Labute approximate surface area is 162 Å². The van der Waals surface area contributed by atoms with Gasteiger partial charge in [0.1, 0.15) is 0 Å². The Morgan fingerprint density at radius 3 is 2.37 bits per heavy atom. The number of nitrogens with zero attached hydrogens (tertiary/aromatic N) is 1. The van der Waals surface area contributed by atoms with E-state index in [1.54, 1.807) is 0 Å². The van der Waals surface area contributed by atoms with Crippen molar-refractivity contribution in [3.8, 4) is 0 Å². The molecule has 1 amide bonds. The Hall–Kier alpha value is -2.13. The number of benzene rings is 2. The first-order valence-electron chi connectivity index (χ1n) is 10.2. The highest BCUT2D eigenvalue weighted by atomic mass is 16.2. The normalized spacial score (nSPS) is 25.3. The SMILES string of the molecule is CC(C)(C(=O)NC1CCC2CN(Cc3ccccc3)CC21)c1ccccc1.